The second-order valence-corrected chi connectivity index (χ2v) is 5.55. The molecule has 21 heavy (non-hydrogen) atoms. The summed E-state index contributed by atoms with van der Waals surface area (Å²) in [7, 11) is 0. The number of fused-ring (bicyclic) bond motifs is 2. The molecule has 1 aliphatic heterocycles. The summed E-state index contributed by atoms with van der Waals surface area (Å²) in [5.41, 5.74) is 3.85. The number of rotatable bonds is 2. The minimum absolute atomic E-state index is 0.0774. The average Bonchev–Trinajstić information content (AvgIpc) is 3.05. The van der Waals surface area contributed by atoms with Gasteiger partial charge in [-0.3, -0.25) is 0 Å². The molecule has 0 bridgehead atoms. The molecule has 0 saturated heterocycles. The predicted octanol–water partition coefficient (Wildman–Crippen LogP) is 1.94. The summed E-state index contributed by atoms with van der Waals surface area (Å²) in [6, 6.07) is 2.66. The van der Waals surface area contributed by atoms with Gasteiger partial charge < -0.3 is 10.6 Å². The average molecular weight is 288 g/mol. The van der Waals surface area contributed by atoms with Crippen LogP contribution in [0, 0.1) is 11.6 Å². The van der Waals surface area contributed by atoms with Crippen LogP contribution in [0.3, 0.4) is 0 Å². The first-order chi connectivity index (χ1) is 10.2. The Morgan fingerprint density at radius 3 is 2.48 bits per heavy atom. The van der Waals surface area contributed by atoms with E-state index >= 15 is 0 Å². The van der Waals surface area contributed by atoms with E-state index in [-0.39, 0.29) is 6.04 Å². The van der Waals surface area contributed by atoms with Gasteiger partial charge in [0.05, 0.1) is 5.69 Å². The minimum Gasteiger partial charge on any atom is -0.351 e. The van der Waals surface area contributed by atoms with Crippen molar-refractivity contribution in [2.24, 2.45) is 0 Å². The molecule has 4 rings (SSSR count). The summed E-state index contributed by atoms with van der Waals surface area (Å²) in [4.78, 5) is 8.78. The van der Waals surface area contributed by atoms with Crippen molar-refractivity contribution in [1.82, 2.24) is 15.3 Å². The van der Waals surface area contributed by atoms with E-state index in [9.17, 15) is 8.78 Å². The quantitative estimate of drug-likeness (QED) is 0.886. The van der Waals surface area contributed by atoms with Crippen LogP contribution in [0.25, 0.3) is 0 Å². The Hall–Kier alpha value is -2.08. The fraction of sp³-hybridized carbons (Fsp3) is 0.333. The van der Waals surface area contributed by atoms with Gasteiger partial charge in [0.2, 0.25) is 5.95 Å². The number of hydrogen-bond acceptors (Lipinski definition) is 4. The minimum atomic E-state index is -0.783. The predicted molar refractivity (Wildman–Crippen MR) is 73.8 cm³/mol. The molecular formula is C15H14F2N4. The monoisotopic (exact) mass is 288 g/mol. The Balaban J connectivity index is 1.52. The van der Waals surface area contributed by atoms with Crippen LogP contribution in [-0.4, -0.2) is 16.0 Å². The van der Waals surface area contributed by atoms with Crippen LogP contribution in [0.4, 0.5) is 14.7 Å². The van der Waals surface area contributed by atoms with Gasteiger partial charge in [0.15, 0.2) is 11.6 Å². The van der Waals surface area contributed by atoms with Crippen molar-refractivity contribution in [3.63, 3.8) is 0 Å². The lowest BCUT2D eigenvalue weighted by Crippen LogP contribution is -2.21. The van der Waals surface area contributed by atoms with Gasteiger partial charge in [-0.05, 0) is 36.1 Å². The van der Waals surface area contributed by atoms with Crippen molar-refractivity contribution < 1.29 is 8.78 Å². The number of nitrogens with zero attached hydrogens (tertiary/aromatic N) is 2. The number of halogens is 2. The first-order valence-corrected chi connectivity index (χ1v) is 6.98. The van der Waals surface area contributed by atoms with Crippen molar-refractivity contribution >= 4 is 5.95 Å². The Kier molecular flexibility index (Phi) is 2.85. The molecule has 2 N–H and O–H groups in total. The smallest absolute Gasteiger partial charge is 0.223 e. The molecule has 0 amide bonds. The van der Waals surface area contributed by atoms with E-state index in [4.69, 9.17) is 0 Å². The summed E-state index contributed by atoms with van der Waals surface area (Å²) in [5.74, 6) is -0.986. The van der Waals surface area contributed by atoms with E-state index in [1.807, 2.05) is 6.20 Å². The van der Waals surface area contributed by atoms with Crippen LogP contribution in [0.5, 0.6) is 0 Å². The zero-order valence-corrected chi connectivity index (χ0v) is 11.3. The molecule has 1 aromatic carbocycles. The normalized spacial score (nSPS) is 16.9. The van der Waals surface area contributed by atoms with Crippen molar-refractivity contribution in [2.75, 3.05) is 5.32 Å². The first kappa shape index (κ1) is 12.6. The standard InChI is InChI=1S/C15H14F2N4/c16-12-3-8-1-11(2-9(8)4-13(12)17)20-15-19-6-10-5-18-7-14(10)21-15/h3-4,6,11,18H,1-2,5,7H2,(H,19,20,21). The number of hydrogen-bond donors (Lipinski definition) is 2. The molecule has 1 aliphatic carbocycles. The van der Waals surface area contributed by atoms with Crippen molar-refractivity contribution in [2.45, 2.75) is 32.0 Å². The molecule has 0 radical (unpaired) electrons. The molecule has 6 heteroatoms. The fourth-order valence-electron chi connectivity index (χ4n) is 3.02. The molecule has 0 fully saturated rings. The zero-order chi connectivity index (χ0) is 14.4. The molecule has 108 valence electrons. The summed E-state index contributed by atoms with van der Waals surface area (Å²) < 4.78 is 26.5. The van der Waals surface area contributed by atoms with E-state index in [0.29, 0.717) is 18.8 Å². The van der Waals surface area contributed by atoms with Gasteiger partial charge >= 0.3 is 0 Å². The van der Waals surface area contributed by atoms with Crippen molar-refractivity contribution in [1.29, 1.82) is 0 Å². The van der Waals surface area contributed by atoms with Gasteiger partial charge in [-0.15, -0.1) is 0 Å². The van der Waals surface area contributed by atoms with Crippen LogP contribution >= 0.6 is 0 Å². The number of benzene rings is 1. The summed E-state index contributed by atoms with van der Waals surface area (Å²) in [6.07, 6.45) is 3.14. The van der Waals surface area contributed by atoms with Gasteiger partial charge in [0.25, 0.3) is 0 Å². The third kappa shape index (κ3) is 2.25. The van der Waals surface area contributed by atoms with Crippen molar-refractivity contribution in [3.05, 3.63) is 52.3 Å². The maximum Gasteiger partial charge on any atom is 0.223 e. The third-order valence-corrected chi connectivity index (χ3v) is 4.07. The van der Waals surface area contributed by atoms with E-state index in [0.717, 1.165) is 35.5 Å². The van der Waals surface area contributed by atoms with E-state index in [2.05, 4.69) is 20.6 Å². The van der Waals surface area contributed by atoms with Gasteiger partial charge in [-0.1, -0.05) is 0 Å². The second-order valence-electron chi connectivity index (χ2n) is 5.55. The molecular weight excluding hydrogens is 274 g/mol. The third-order valence-electron chi connectivity index (χ3n) is 4.07. The van der Waals surface area contributed by atoms with Crippen LogP contribution in [0.2, 0.25) is 0 Å². The molecule has 2 aromatic rings. The molecule has 0 unspecified atom stereocenters. The Labute approximate surface area is 120 Å². The highest BCUT2D eigenvalue weighted by Gasteiger charge is 2.24. The summed E-state index contributed by atoms with van der Waals surface area (Å²) in [6.45, 7) is 1.57. The highest BCUT2D eigenvalue weighted by molar-refractivity contribution is 5.40. The van der Waals surface area contributed by atoms with E-state index in [1.54, 1.807) is 0 Å². The van der Waals surface area contributed by atoms with Gasteiger partial charge in [-0.25, -0.2) is 18.7 Å². The van der Waals surface area contributed by atoms with Crippen molar-refractivity contribution in [3.8, 4) is 0 Å². The Morgan fingerprint density at radius 1 is 1.05 bits per heavy atom. The summed E-state index contributed by atoms with van der Waals surface area (Å²) in [5, 5.41) is 6.48. The number of anilines is 1. The lowest BCUT2D eigenvalue weighted by Gasteiger charge is -2.12. The molecule has 0 saturated carbocycles. The van der Waals surface area contributed by atoms with Crippen LogP contribution in [-0.2, 0) is 25.9 Å². The highest BCUT2D eigenvalue weighted by atomic mass is 19.2. The Bertz CT molecular complexity index is 686. The lowest BCUT2D eigenvalue weighted by atomic mass is 10.1. The molecule has 4 nitrogen and oxygen atoms in total. The van der Waals surface area contributed by atoms with Gasteiger partial charge in [0, 0.05) is 30.9 Å². The van der Waals surface area contributed by atoms with Crippen LogP contribution in [0.15, 0.2) is 18.3 Å². The fourth-order valence-corrected chi connectivity index (χ4v) is 3.02. The number of aromatic nitrogens is 2. The molecule has 2 heterocycles. The Morgan fingerprint density at radius 2 is 1.76 bits per heavy atom. The lowest BCUT2D eigenvalue weighted by molar-refractivity contribution is 0.507. The summed E-state index contributed by atoms with van der Waals surface area (Å²) >= 11 is 0. The molecule has 0 atom stereocenters. The molecule has 2 aliphatic rings. The van der Waals surface area contributed by atoms with E-state index in [1.165, 1.54) is 12.1 Å². The maximum absolute atomic E-state index is 13.3. The topological polar surface area (TPSA) is 49.8 Å². The zero-order valence-electron chi connectivity index (χ0n) is 11.3. The molecule has 1 aromatic heterocycles. The van der Waals surface area contributed by atoms with E-state index < -0.39 is 11.6 Å². The number of nitrogens with one attached hydrogen (secondary N) is 2. The van der Waals surface area contributed by atoms with Crippen LogP contribution in [0.1, 0.15) is 22.4 Å². The van der Waals surface area contributed by atoms with Gasteiger partial charge in [0.1, 0.15) is 0 Å². The van der Waals surface area contributed by atoms with Crippen LogP contribution < -0.4 is 10.6 Å². The first-order valence-electron chi connectivity index (χ1n) is 6.98. The highest BCUT2D eigenvalue weighted by Crippen LogP contribution is 2.26. The molecule has 0 spiro atoms. The maximum atomic E-state index is 13.3. The largest absolute Gasteiger partial charge is 0.351 e. The SMILES string of the molecule is Fc1cc2c(cc1F)CC(Nc1ncc3c(n1)CNC3)C2. The second kappa shape index (κ2) is 4.73. The van der Waals surface area contributed by atoms with Gasteiger partial charge in [-0.2, -0.15) is 0 Å².